The molecule has 0 bridgehead atoms. The molecule has 0 atom stereocenters. The first-order valence-corrected chi connectivity index (χ1v) is 12.1. The van der Waals surface area contributed by atoms with Gasteiger partial charge in [0.2, 0.25) is 15.9 Å². The van der Waals surface area contributed by atoms with Crippen molar-refractivity contribution in [1.29, 1.82) is 0 Å². The summed E-state index contributed by atoms with van der Waals surface area (Å²) >= 11 is 0. The Kier molecular flexibility index (Phi) is 5.93. The number of nitrogens with zero attached hydrogens (tertiary/aromatic N) is 2. The predicted octanol–water partition coefficient (Wildman–Crippen LogP) is 3.70. The van der Waals surface area contributed by atoms with E-state index in [1.165, 1.54) is 17.5 Å². The Morgan fingerprint density at radius 2 is 1.77 bits per heavy atom. The van der Waals surface area contributed by atoms with E-state index in [1.807, 2.05) is 36.5 Å². The fraction of sp³-hybridized carbons (Fsp3) is 0.304. The molecule has 162 valence electrons. The van der Waals surface area contributed by atoms with Crippen LogP contribution in [0.5, 0.6) is 0 Å². The molecule has 1 aromatic heterocycles. The summed E-state index contributed by atoms with van der Waals surface area (Å²) in [5, 5.41) is 8.52. The van der Waals surface area contributed by atoms with Gasteiger partial charge in [0.05, 0.1) is 6.26 Å². The van der Waals surface area contributed by atoms with Crippen LogP contribution in [-0.4, -0.2) is 49.0 Å². The number of hydrogen-bond acceptors (Lipinski definition) is 5. The minimum atomic E-state index is -3.14. The quantitative estimate of drug-likeness (QED) is 0.634. The molecule has 2 N–H and O–H groups in total. The lowest BCUT2D eigenvalue weighted by Gasteiger charge is -2.31. The third-order valence-electron chi connectivity index (χ3n) is 5.58. The monoisotopic (exact) mass is 438 g/mol. The van der Waals surface area contributed by atoms with Gasteiger partial charge in [-0.2, -0.15) is 0 Å². The maximum absolute atomic E-state index is 11.8. The van der Waals surface area contributed by atoms with E-state index in [0.29, 0.717) is 13.1 Å². The number of hydrogen-bond donors (Lipinski definition) is 2. The van der Waals surface area contributed by atoms with E-state index in [9.17, 15) is 13.2 Å². The Balaban J connectivity index is 1.61. The van der Waals surface area contributed by atoms with Crippen molar-refractivity contribution in [2.75, 3.05) is 30.0 Å². The van der Waals surface area contributed by atoms with Gasteiger partial charge in [-0.25, -0.2) is 12.7 Å². The normalized spacial score (nSPS) is 15.7. The average molecular weight is 439 g/mol. The minimum absolute atomic E-state index is 0.0978. The number of fused-ring (bicyclic) bond motifs is 1. The summed E-state index contributed by atoms with van der Waals surface area (Å²) in [6.45, 7) is 2.54. The molecule has 1 saturated heterocycles. The molecule has 1 aliphatic heterocycles. The van der Waals surface area contributed by atoms with Gasteiger partial charge in [-0.05, 0) is 59.7 Å². The zero-order valence-electron chi connectivity index (χ0n) is 17.6. The van der Waals surface area contributed by atoms with Gasteiger partial charge >= 0.3 is 0 Å². The summed E-state index contributed by atoms with van der Waals surface area (Å²) in [5.41, 5.74) is 3.86. The average Bonchev–Trinajstić information content (AvgIpc) is 2.73. The van der Waals surface area contributed by atoms with E-state index in [1.54, 1.807) is 6.20 Å². The number of pyridine rings is 1. The smallest absolute Gasteiger partial charge is 0.221 e. The van der Waals surface area contributed by atoms with E-state index in [4.69, 9.17) is 0 Å². The number of rotatable bonds is 5. The first-order valence-electron chi connectivity index (χ1n) is 10.3. The molecule has 0 unspecified atom stereocenters. The van der Waals surface area contributed by atoms with Crippen molar-refractivity contribution in [3.8, 4) is 11.1 Å². The van der Waals surface area contributed by atoms with Crippen molar-refractivity contribution in [1.82, 2.24) is 9.29 Å². The Morgan fingerprint density at radius 1 is 1.06 bits per heavy atom. The molecule has 31 heavy (non-hydrogen) atoms. The second kappa shape index (κ2) is 8.64. The molecule has 0 radical (unpaired) electrons. The number of carbonyl (C=O) groups excluding carboxylic acids is 1. The predicted molar refractivity (Wildman–Crippen MR) is 125 cm³/mol. The highest BCUT2D eigenvalue weighted by Crippen LogP contribution is 2.32. The molecule has 1 amide bonds. The Labute approximate surface area is 182 Å². The third kappa shape index (κ3) is 5.03. The van der Waals surface area contributed by atoms with Crippen LogP contribution in [0.3, 0.4) is 0 Å². The molecule has 3 aromatic rings. The van der Waals surface area contributed by atoms with Gasteiger partial charge in [-0.1, -0.05) is 12.1 Å². The summed E-state index contributed by atoms with van der Waals surface area (Å²) in [6.07, 6.45) is 6.41. The highest BCUT2D eigenvalue weighted by Gasteiger charge is 2.25. The lowest BCUT2D eigenvalue weighted by Crippen LogP contribution is -2.41. The zero-order valence-corrected chi connectivity index (χ0v) is 18.4. The number of amides is 1. The van der Waals surface area contributed by atoms with Gasteiger partial charge < -0.3 is 10.6 Å². The van der Waals surface area contributed by atoms with Crippen molar-refractivity contribution < 1.29 is 13.2 Å². The minimum Gasteiger partial charge on any atom is -0.382 e. The lowest BCUT2D eigenvalue weighted by molar-refractivity contribution is -0.114. The molecule has 2 heterocycles. The van der Waals surface area contributed by atoms with E-state index < -0.39 is 10.0 Å². The maximum Gasteiger partial charge on any atom is 0.221 e. The van der Waals surface area contributed by atoms with E-state index in [2.05, 4.69) is 27.8 Å². The fourth-order valence-electron chi connectivity index (χ4n) is 3.99. The molecule has 8 heteroatoms. The fourth-order valence-corrected chi connectivity index (χ4v) is 4.86. The van der Waals surface area contributed by atoms with Gasteiger partial charge in [0.15, 0.2) is 0 Å². The molecule has 0 spiro atoms. The molecule has 0 saturated carbocycles. The molecule has 7 nitrogen and oxygen atoms in total. The number of nitrogens with one attached hydrogen (secondary N) is 2. The van der Waals surface area contributed by atoms with Crippen molar-refractivity contribution in [2.45, 2.75) is 25.8 Å². The van der Waals surface area contributed by atoms with Crippen LogP contribution in [0.1, 0.15) is 19.8 Å². The molecule has 4 rings (SSSR count). The highest BCUT2D eigenvalue weighted by atomic mass is 32.2. The third-order valence-corrected chi connectivity index (χ3v) is 6.88. The second-order valence-electron chi connectivity index (χ2n) is 7.96. The standard InChI is InChI=1S/C23H26N4O3S/c1-16(28)25-20-5-3-17(4-6-20)19-13-18-7-10-24-15-22(18)23(14-19)26-21-8-11-27(12-9-21)31(2,29)30/h3-7,10,13-15,21,26H,8-9,11-12H2,1-2H3,(H,25,28). The zero-order chi connectivity index (χ0) is 22.0. The lowest BCUT2D eigenvalue weighted by atomic mass is 9.99. The van der Waals surface area contributed by atoms with Gasteiger partial charge in [0.25, 0.3) is 0 Å². The summed E-state index contributed by atoms with van der Waals surface area (Å²) in [6, 6.07) is 14.2. The second-order valence-corrected chi connectivity index (χ2v) is 9.94. The molecule has 1 fully saturated rings. The maximum atomic E-state index is 11.8. The number of carbonyl (C=O) groups is 1. The number of piperidine rings is 1. The van der Waals surface area contributed by atoms with Crippen LogP contribution >= 0.6 is 0 Å². The van der Waals surface area contributed by atoms with Gasteiger partial charge in [0.1, 0.15) is 0 Å². The van der Waals surface area contributed by atoms with Crippen molar-refractivity contribution in [3.05, 3.63) is 54.9 Å². The number of anilines is 2. The van der Waals surface area contributed by atoms with Gasteiger partial charge in [-0.3, -0.25) is 9.78 Å². The molecular formula is C23H26N4O3S. The van der Waals surface area contributed by atoms with Crippen molar-refractivity contribution in [2.24, 2.45) is 0 Å². The Bertz CT molecular complexity index is 1200. The Morgan fingerprint density at radius 3 is 2.42 bits per heavy atom. The molecular weight excluding hydrogens is 412 g/mol. The van der Waals surface area contributed by atoms with Crippen LogP contribution in [0.4, 0.5) is 11.4 Å². The van der Waals surface area contributed by atoms with E-state index in [0.717, 1.165) is 46.1 Å². The molecule has 0 aliphatic carbocycles. The summed E-state index contributed by atoms with van der Waals surface area (Å²) in [4.78, 5) is 15.5. The van der Waals surface area contributed by atoms with Crippen LogP contribution in [0, 0.1) is 0 Å². The molecule has 2 aromatic carbocycles. The SMILES string of the molecule is CC(=O)Nc1ccc(-c2cc(NC3CCN(S(C)(=O)=O)CC3)c3cnccc3c2)cc1. The molecule has 1 aliphatic rings. The first-order chi connectivity index (χ1) is 14.8. The van der Waals surface area contributed by atoms with Gasteiger partial charge in [0, 0.05) is 55.2 Å². The van der Waals surface area contributed by atoms with Crippen LogP contribution in [-0.2, 0) is 14.8 Å². The largest absolute Gasteiger partial charge is 0.382 e. The van der Waals surface area contributed by atoms with Crippen LogP contribution in [0.2, 0.25) is 0 Å². The number of sulfonamides is 1. The highest BCUT2D eigenvalue weighted by molar-refractivity contribution is 7.88. The van der Waals surface area contributed by atoms with Crippen LogP contribution < -0.4 is 10.6 Å². The van der Waals surface area contributed by atoms with Crippen molar-refractivity contribution in [3.63, 3.8) is 0 Å². The van der Waals surface area contributed by atoms with Crippen LogP contribution in [0.25, 0.3) is 21.9 Å². The topological polar surface area (TPSA) is 91.4 Å². The summed E-state index contributed by atoms with van der Waals surface area (Å²) < 4.78 is 25.1. The first kappa shape index (κ1) is 21.3. The van der Waals surface area contributed by atoms with Crippen molar-refractivity contribution >= 4 is 38.1 Å². The Hall–Kier alpha value is -2.97. The van der Waals surface area contributed by atoms with E-state index >= 15 is 0 Å². The van der Waals surface area contributed by atoms with E-state index in [-0.39, 0.29) is 11.9 Å². The van der Waals surface area contributed by atoms with Crippen LogP contribution in [0.15, 0.2) is 54.9 Å². The number of benzene rings is 2. The summed E-state index contributed by atoms with van der Waals surface area (Å²) in [5.74, 6) is -0.0978. The summed E-state index contributed by atoms with van der Waals surface area (Å²) in [7, 11) is -3.14. The van der Waals surface area contributed by atoms with Gasteiger partial charge in [-0.15, -0.1) is 0 Å². The number of aromatic nitrogens is 1.